The van der Waals surface area contributed by atoms with E-state index in [0.29, 0.717) is 6.54 Å². The number of rotatable bonds is 4. The molecule has 1 N–H and O–H groups in total. The minimum absolute atomic E-state index is 0.0160. The molecular weight excluding hydrogens is 312 g/mol. The molecule has 0 aliphatic carbocycles. The van der Waals surface area contributed by atoms with Crippen LogP contribution in [0.3, 0.4) is 0 Å². The topological polar surface area (TPSA) is 83.6 Å². The van der Waals surface area contributed by atoms with Crippen molar-refractivity contribution in [3.63, 3.8) is 0 Å². The van der Waals surface area contributed by atoms with E-state index in [-0.39, 0.29) is 22.9 Å². The standard InChI is InChI=1S/C13H20N2O4S2/c1-11-10-20(16,17)7-6-15(11)21(18,19)13-5-3-4-12(8-13)9-14-2/h3-5,8,11,14H,6-7,9-10H2,1-2H3. The van der Waals surface area contributed by atoms with Crippen LogP contribution in [0.4, 0.5) is 0 Å². The lowest BCUT2D eigenvalue weighted by atomic mass is 10.2. The summed E-state index contributed by atoms with van der Waals surface area (Å²) in [6.45, 7) is 2.22. The molecule has 1 atom stereocenters. The summed E-state index contributed by atoms with van der Waals surface area (Å²) in [6, 6.07) is 6.18. The number of benzene rings is 1. The molecule has 0 spiro atoms. The third-order valence-electron chi connectivity index (χ3n) is 3.50. The van der Waals surface area contributed by atoms with E-state index in [9.17, 15) is 16.8 Å². The van der Waals surface area contributed by atoms with Crippen molar-refractivity contribution < 1.29 is 16.8 Å². The summed E-state index contributed by atoms with van der Waals surface area (Å²) in [5, 5.41) is 2.97. The van der Waals surface area contributed by atoms with Crippen molar-refractivity contribution in [2.75, 3.05) is 25.1 Å². The number of hydrogen-bond donors (Lipinski definition) is 1. The molecule has 1 aliphatic rings. The van der Waals surface area contributed by atoms with Crippen LogP contribution >= 0.6 is 0 Å². The molecule has 1 unspecified atom stereocenters. The predicted molar refractivity (Wildman–Crippen MR) is 81.2 cm³/mol. The summed E-state index contributed by atoms with van der Waals surface area (Å²) in [7, 11) is -5.01. The number of sulfone groups is 1. The molecule has 21 heavy (non-hydrogen) atoms. The molecule has 6 nitrogen and oxygen atoms in total. The molecule has 1 aromatic rings. The van der Waals surface area contributed by atoms with Gasteiger partial charge in [-0.1, -0.05) is 12.1 Å². The second-order valence-corrected chi connectivity index (χ2v) is 9.38. The third-order valence-corrected chi connectivity index (χ3v) is 7.30. The van der Waals surface area contributed by atoms with E-state index in [0.717, 1.165) is 5.56 Å². The van der Waals surface area contributed by atoms with Gasteiger partial charge in [-0.05, 0) is 31.7 Å². The lowest BCUT2D eigenvalue weighted by Crippen LogP contribution is -2.49. The molecule has 1 heterocycles. The monoisotopic (exact) mass is 332 g/mol. The Balaban J connectivity index is 2.32. The average molecular weight is 332 g/mol. The first-order valence-electron chi connectivity index (χ1n) is 6.72. The third kappa shape index (κ3) is 3.63. The molecule has 2 rings (SSSR count). The summed E-state index contributed by atoms with van der Waals surface area (Å²) in [5.41, 5.74) is 0.871. The quantitative estimate of drug-likeness (QED) is 0.852. The van der Waals surface area contributed by atoms with E-state index >= 15 is 0 Å². The first-order valence-corrected chi connectivity index (χ1v) is 9.98. The summed E-state index contributed by atoms with van der Waals surface area (Å²) in [4.78, 5) is 0.210. The Bertz CT molecular complexity index is 713. The second kappa shape index (κ2) is 6.04. The van der Waals surface area contributed by atoms with E-state index in [1.165, 1.54) is 4.31 Å². The van der Waals surface area contributed by atoms with Gasteiger partial charge in [0, 0.05) is 19.1 Å². The number of sulfonamides is 1. The summed E-state index contributed by atoms with van der Waals surface area (Å²) < 4.78 is 49.8. The van der Waals surface area contributed by atoms with Gasteiger partial charge in [-0.3, -0.25) is 0 Å². The van der Waals surface area contributed by atoms with Crippen LogP contribution in [0.2, 0.25) is 0 Å². The highest BCUT2D eigenvalue weighted by molar-refractivity contribution is 7.92. The van der Waals surface area contributed by atoms with Crippen LogP contribution < -0.4 is 5.32 Å². The van der Waals surface area contributed by atoms with Crippen molar-refractivity contribution in [1.29, 1.82) is 0 Å². The Morgan fingerprint density at radius 3 is 2.71 bits per heavy atom. The van der Waals surface area contributed by atoms with Gasteiger partial charge in [0.25, 0.3) is 0 Å². The van der Waals surface area contributed by atoms with Gasteiger partial charge in [-0.2, -0.15) is 4.31 Å². The van der Waals surface area contributed by atoms with Crippen molar-refractivity contribution in [3.05, 3.63) is 29.8 Å². The fourth-order valence-corrected chi connectivity index (χ4v) is 5.96. The second-order valence-electron chi connectivity index (χ2n) is 5.26. The zero-order valence-electron chi connectivity index (χ0n) is 12.1. The highest BCUT2D eigenvalue weighted by atomic mass is 32.2. The highest BCUT2D eigenvalue weighted by Crippen LogP contribution is 2.23. The first kappa shape index (κ1) is 16.4. The van der Waals surface area contributed by atoms with E-state index in [4.69, 9.17) is 0 Å². The zero-order chi connectivity index (χ0) is 15.7. The molecule has 0 radical (unpaired) electrons. The van der Waals surface area contributed by atoms with Crippen LogP contribution in [0.25, 0.3) is 0 Å². The van der Waals surface area contributed by atoms with Gasteiger partial charge in [0.1, 0.15) is 0 Å². The van der Waals surface area contributed by atoms with E-state index < -0.39 is 25.9 Å². The van der Waals surface area contributed by atoms with Gasteiger partial charge < -0.3 is 5.32 Å². The SMILES string of the molecule is CNCc1cccc(S(=O)(=O)N2CCS(=O)(=O)CC2C)c1. The van der Waals surface area contributed by atoms with Crippen LogP contribution in [0.1, 0.15) is 12.5 Å². The van der Waals surface area contributed by atoms with Crippen LogP contribution in [-0.4, -0.2) is 52.3 Å². The zero-order valence-corrected chi connectivity index (χ0v) is 13.7. The Hall–Kier alpha value is -0.960. The van der Waals surface area contributed by atoms with Gasteiger partial charge in [0.2, 0.25) is 10.0 Å². The van der Waals surface area contributed by atoms with Crippen molar-refractivity contribution in [2.24, 2.45) is 0 Å². The summed E-state index contributed by atoms with van der Waals surface area (Å²) in [6.07, 6.45) is 0. The molecule has 0 bridgehead atoms. The van der Waals surface area contributed by atoms with E-state index in [1.54, 1.807) is 32.2 Å². The molecule has 1 aliphatic heterocycles. The normalized spacial score (nSPS) is 23.0. The van der Waals surface area contributed by atoms with Crippen LogP contribution in [-0.2, 0) is 26.4 Å². The lowest BCUT2D eigenvalue weighted by molar-refractivity contribution is 0.357. The molecule has 118 valence electrons. The molecule has 1 aromatic carbocycles. The fourth-order valence-electron chi connectivity index (χ4n) is 2.50. The fraction of sp³-hybridized carbons (Fsp3) is 0.538. The van der Waals surface area contributed by atoms with Crippen LogP contribution in [0.15, 0.2) is 29.2 Å². The van der Waals surface area contributed by atoms with Gasteiger partial charge in [-0.15, -0.1) is 0 Å². The van der Waals surface area contributed by atoms with Gasteiger partial charge in [0.15, 0.2) is 9.84 Å². The molecule has 0 amide bonds. The highest BCUT2D eigenvalue weighted by Gasteiger charge is 2.36. The Kier molecular flexibility index (Phi) is 4.72. The van der Waals surface area contributed by atoms with E-state index in [2.05, 4.69) is 5.32 Å². The predicted octanol–water partition coefficient (Wildman–Crippen LogP) is 0.214. The van der Waals surface area contributed by atoms with Gasteiger partial charge in [-0.25, -0.2) is 16.8 Å². The molecule has 1 fully saturated rings. The smallest absolute Gasteiger partial charge is 0.243 e. The van der Waals surface area contributed by atoms with Crippen molar-refractivity contribution in [3.8, 4) is 0 Å². The molecule has 0 saturated carbocycles. The first-order chi connectivity index (χ1) is 9.76. The van der Waals surface area contributed by atoms with Crippen molar-refractivity contribution >= 4 is 19.9 Å². The van der Waals surface area contributed by atoms with Crippen molar-refractivity contribution in [1.82, 2.24) is 9.62 Å². The summed E-state index contributed by atoms with van der Waals surface area (Å²) in [5.74, 6) is -0.241. The number of hydrogen-bond acceptors (Lipinski definition) is 5. The van der Waals surface area contributed by atoms with E-state index in [1.807, 2.05) is 6.07 Å². The summed E-state index contributed by atoms with van der Waals surface area (Å²) >= 11 is 0. The van der Waals surface area contributed by atoms with Crippen LogP contribution in [0, 0.1) is 0 Å². The molecule has 8 heteroatoms. The molecule has 1 saturated heterocycles. The average Bonchev–Trinajstić information content (AvgIpc) is 2.38. The Labute approximate surface area is 126 Å². The molecular formula is C13H20N2O4S2. The number of nitrogens with zero attached hydrogens (tertiary/aromatic N) is 1. The van der Waals surface area contributed by atoms with Crippen molar-refractivity contribution in [2.45, 2.75) is 24.4 Å². The largest absolute Gasteiger partial charge is 0.316 e. The minimum atomic E-state index is -3.66. The van der Waals surface area contributed by atoms with Gasteiger partial charge in [0.05, 0.1) is 16.4 Å². The minimum Gasteiger partial charge on any atom is -0.316 e. The Morgan fingerprint density at radius 1 is 1.38 bits per heavy atom. The van der Waals surface area contributed by atoms with Crippen LogP contribution in [0.5, 0.6) is 0 Å². The van der Waals surface area contributed by atoms with Gasteiger partial charge >= 0.3 is 0 Å². The maximum absolute atomic E-state index is 12.7. The Morgan fingerprint density at radius 2 is 2.10 bits per heavy atom. The maximum Gasteiger partial charge on any atom is 0.243 e. The lowest BCUT2D eigenvalue weighted by Gasteiger charge is -2.32. The maximum atomic E-state index is 12.7. The molecule has 0 aromatic heterocycles. The number of nitrogens with one attached hydrogen (secondary N) is 1.